The van der Waals surface area contributed by atoms with Crippen LogP contribution in [0, 0.1) is 5.82 Å². The number of rotatable bonds is 4. The molecule has 162 valence electrons. The van der Waals surface area contributed by atoms with E-state index in [4.69, 9.17) is 11.6 Å². The minimum Gasteiger partial charge on any atom is -0.337 e. The summed E-state index contributed by atoms with van der Waals surface area (Å²) in [5.41, 5.74) is 2.60. The molecule has 7 heteroatoms. The molecule has 2 aliphatic rings. The Morgan fingerprint density at radius 1 is 1.17 bits per heavy atom. The molecule has 1 heterocycles. The first-order valence-corrected chi connectivity index (χ1v) is 10.5. The standard InChI is InChI=1S/C23H27ClFN3O.ClH/c1-16(19-11-20(24)13-21(25)12-19)27(2)22(29)23(28-9-7-26-8-10-28)14-17-5-3-4-6-18(17)15-23;/h3-6,11-13,16,26H,7-10,14-15H2,1-2H3;1H. The average Bonchev–Trinajstić information content (AvgIpc) is 3.13. The molecule has 0 aromatic heterocycles. The van der Waals surface area contributed by atoms with Crippen LogP contribution in [-0.2, 0) is 17.6 Å². The molecule has 1 fully saturated rings. The Hall–Kier alpha value is -1.66. The van der Waals surface area contributed by atoms with Crippen LogP contribution in [0.1, 0.15) is 29.7 Å². The second-order valence-electron chi connectivity index (χ2n) is 8.19. The van der Waals surface area contributed by atoms with Crippen LogP contribution in [0.5, 0.6) is 0 Å². The van der Waals surface area contributed by atoms with Crippen molar-refractivity contribution in [2.45, 2.75) is 31.3 Å². The first-order chi connectivity index (χ1) is 13.9. The van der Waals surface area contributed by atoms with E-state index >= 15 is 0 Å². The molecule has 1 saturated heterocycles. The summed E-state index contributed by atoms with van der Waals surface area (Å²) < 4.78 is 13.9. The van der Waals surface area contributed by atoms with Crippen LogP contribution in [0.15, 0.2) is 42.5 Å². The van der Waals surface area contributed by atoms with Gasteiger partial charge in [-0.15, -0.1) is 12.4 Å². The van der Waals surface area contributed by atoms with Crippen LogP contribution in [0.2, 0.25) is 5.02 Å². The zero-order valence-electron chi connectivity index (χ0n) is 17.3. The van der Waals surface area contributed by atoms with Gasteiger partial charge in [0.1, 0.15) is 11.4 Å². The molecule has 30 heavy (non-hydrogen) atoms. The smallest absolute Gasteiger partial charge is 0.244 e. The van der Waals surface area contributed by atoms with Crippen molar-refractivity contribution in [1.29, 1.82) is 0 Å². The normalized spacial score (nSPS) is 18.9. The molecule has 2 aromatic rings. The molecule has 4 nitrogen and oxygen atoms in total. The zero-order chi connectivity index (χ0) is 20.6. The molecule has 2 aromatic carbocycles. The lowest BCUT2D eigenvalue weighted by Crippen LogP contribution is -2.64. The number of fused-ring (bicyclic) bond motifs is 1. The predicted octanol–water partition coefficient (Wildman–Crippen LogP) is 3.86. The summed E-state index contributed by atoms with van der Waals surface area (Å²) in [6.07, 6.45) is 1.42. The highest BCUT2D eigenvalue weighted by Gasteiger charge is 2.50. The van der Waals surface area contributed by atoms with Crippen molar-refractivity contribution in [2.75, 3.05) is 33.2 Å². The predicted molar refractivity (Wildman–Crippen MR) is 121 cm³/mol. The van der Waals surface area contributed by atoms with Gasteiger partial charge in [0.2, 0.25) is 5.91 Å². The Morgan fingerprint density at radius 3 is 2.33 bits per heavy atom. The molecule has 0 bridgehead atoms. The van der Waals surface area contributed by atoms with Gasteiger partial charge < -0.3 is 10.2 Å². The number of benzene rings is 2. The van der Waals surface area contributed by atoms with Crippen molar-refractivity contribution >= 4 is 29.9 Å². The number of nitrogens with one attached hydrogen (secondary N) is 1. The highest BCUT2D eigenvalue weighted by molar-refractivity contribution is 6.30. The van der Waals surface area contributed by atoms with Gasteiger partial charge in [0.05, 0.1) is 6.04 Å². The second-order valence-corrected chi connectivity index (χ2v) is 8.62. The van der Waals surface area contributed by atoms with E-state index in [0.717, 1.165) is 26.2 Å². The Kier molecular flexibility index (Phi) is 7.08. The lowest BCUT2D eigenvalue weighted by molar-refractivity contribution is -0.145. The second kappa shape index (κ2) is 9.23. The number of likely N-dealkylation sites (N-methyl/N-ethyl adjacent to an activating group) is 1. The quantitative estimate of drug-likeness (QED) is 0.766. The van der Waals surface area contributed by atoms with E-state index in [1.165, 1.54) is 23.3 Å². The summed E-state index contributed by atoms with van der Waals surface area (Å²) in [6, 6.07) is 12.5. The van der Waals surface area contributed by atoms with Gasteiger partial charge in [-0.3, -0.25) is 9.69 Å². The third-order valence-corrected chi connectivity index (χ3v) is 6.69. The van der Waals surface area contributed by atoms with E-state index in [9.17, 15) is 9.18 Å². The number of amides is 1. The number of hydrogen-bond acceptors (Lipinski definition) is 3. The molecule has 1 N–H and O–H groups in total. The van der Waals surface area contributed by atoms with Crippen molar-refractivity contribution in [3.63, 3.8) is 0 Å². The summed E-state index contributed by atoms with van der Waals surface area (Å²) in [6.45, 7) is 5.37. The highest BCUT2D eigenvalue weighted by atomic mass is 35.5. The van der Waals surface area contributed by atoms with Crippen molar-refractivity contribution in [3.05, 3.63) is 70.0 Å². The Labute approximate surface area is 188 Å². The first-order valence-electron chi connectivity index (χ1n) is 10.2. The maximum atomic E-state index is 14.0. The third kappa shape index (κ3) is 4.22. The largest absolute Gasteiger partial charge is 0.337 e. The van der Waals surface area contributed by atoms with Gasteiger partial charge >= 0.3 is 0 Å². The van der Waals surface area contributed by atoms with Crippen molar-refractivity contribution in [2.24, 2.45) is 0 Å². The number of carbonyl (C=O) groups excluding carboxylic acids is 1. The van der Waals surface area contributed by atoms with Gasteiger partial charge in [-0.05, 0) is 41.8 Å². The lowest BCUT2D eigenvalue weighted by atomic mass is 9.89. The third-order valence-electron chi connectivity index (χ3n) is 6.47. The van der Waals surface area contributed by atoms with E-state index < -0.39 is 5.54 Å². The monoisotopic (exact) mass is 451 g/mol. The first kappa shape index (κ1) is 23.0. The molecule has 1 aliphatic heterocycles. The number of nitrogens with zero attached hydrogens (tertiary/aromatic N) is 2. The maximum absolute atomic E-state index is 14.0. The number of halogens is 3. The van der Waals surface area contributed by atoms with Crippen LogP contribution in [0.25, 0.3) is 0 Å². The summed E-state index contributed by atoms with van der Waals surface area (Å²) >= 11 is 6.06. The molecule has 4 rings (SSSR count). The van der Waals surface area contributed by atoms with Crippen LogP contribution in [0.3, 0.4) is 0 Å². The van der Waals surface area contributed by atoms with Crippen LogP contribution < -0.4 is 5.32 Å². The molecule has 0 saturated carbocycles. The van der Waals surface area contributed by atoms with Gasteiger partial charge in [0.15, 0.2) is 0 Å². The number of hydrogen-bond donors (Lipinski definition) is 1. The van der Waals surface area contributed by atoms with Crippen LogP contribution in [0.4, 0.5) is 4.39 Å². The fraction of sp³-hybridized carbons (Fsp3) is 0.435. The van der Waals surface area contributed by atoms with Gasteiger partial charge in [-0.2, -0.15) is 0 Å². The zero-order valence-corrected chi connectivity index (χ0v) is 18.9. The highest BCUT2D eigenvalue weighted by Crippen LogP contribution is 2.38. The lowest BCUT2D eigenvalue weighted by Gasteiger charge is -2.45. The number of carbonyl (C=O) groups is 1. The Morgan fingerprint density at radius 2 is 1.77 bits per heavy atom. The van der Waals surface area contributed by atoms with Crippen LogP contribution >= 0.6 is 24.0 Å². The number of piperazine rings is 1. The van der Waals surface area contributed by atoms with E-state index in [-0.39, 0.29) is 30.2 Å². The minimum atomic E-state index is -0.591. The summed E-state index contributed by atoms with van der Waals surface area (Å²) in [4.78, 5) is 18.1. The minimum absolute atomic E-state index is 0. The molecule has 1 aliphatic carbocycles. The van der Waals surface area contributed by atoms with E-state index in [2.05, 4.69) is 22.3 Å². The van der Waals surface area contributed by atoms with Gasteiger partial charge in [0, 0.05) is 51.1 Å². The SMILES string of the molecule is CC(c1cc(F)cc(Cl)c1)N(C)C(=O)C1(N2CCNCC2)Cc2ccccc2C1.Cl. The molecular weight excluding hydrogens is 424 g/mol. The molecule has 0 radical (unpaired) electrons. The van der Waals surface area contributed by atoms with Crippen molar-refractivity contribution in [1.82, 2.24) is 15.1 Å². The van der Waals surface area contributed by atoms with Crippen molar-refractivity contribution < 1.29 is 9.18 Å². The van der Waals surface area contributed by atoms with Gasteiger partial charge in [0.25, 0.3) is 0 Å². The van der Waals surface area contributed by atoms with E-state index in [0.29, 0.717) is 23.4 Å². The summed E-state index contributed by atoms with van der Waals surface area (Å²) in [5.74, 6) is -0.297. The fourth-order valence-electron chi connectivity index (χ4n) is 4.74. The molecule has 1 amide bonds. The van der Waals surface area contributed by atoms with E-state index in [1.54, 1.807) is 11.0 Å². The topological polar surface area (TPSA) is 35.6 Å². The molecule has 0 spiro atoms. The average molecular weight is 452 g/mol. The van der Waals surface area contributed by atoms with Gasteiger partial charge in [-0.1, -0.05) is 35.9 Å². The fourth-order valence-corrected chi connectivity index (χ4v) is 4.97. The molecule has 1 unspecified atom stereocenters. The van der Waals surface area contributed by atoms with Crippen molar-refractivity contribution in [3.8, 4) is 0 Å². The molecular formula is C23H28Cl2FN3O. The Balaban J connectivity index is 0.00000256. The van der Waals surface area contributed by atoms with Crippen LogP contribution in [-0.4, -0.2) is 54.5 Å². The molecule has 1 atom stereocenters. The summed E-state index contributed by atoms with van der Waals surface area (Å²) in [7, 11) is 1.82. The maximum Gasteiger partial charge on any atom is 0.244 e. The summed E-state index contributed by atoms with van der Waals surface area (Å²) in [5, 5.41) is 3.73. The van der Waals surface area contributed by atoms with E-state index in [1.807, 2.05) is 26.1 Å². The Bertz CT molecular complexity index is 872. The van der Waals surface area contributed by atoms with Gasteiger partial charge in [-0.25, -0.2) is 4.39 Å².